The molecule has 0 aliphatic rings. The minimum Gasteiger partial charge on any atom is -0.388 e. The van der Waals surface area contributed by atoms with Crippen LogP contribution in [0.4, 0.5) is 13.2 Å². The molecule has 15 heavy (non-hydrogen) atoms. The molecule has 0 radical (unpaired) electrons. The van der Waals surface area contributed by atoms with Crippen molar-refractivity contribution in [1.82, 2.24) is 0 Å². The van der Waals surface area contributed by atoms with Crippen LogP contribution in [0.25, 0.3) is 0 Å². The zero-order valence-corrected chi connectivity index (χ0v) is 7.66. The summed E-state index contributed by atoms with van der Waals surface area (Å²) in [4.78, 5) is 10.1. The molecule has 1 aromatic carbocycles. The first-order chi connectivity index (χ1) is 6.96. The van der Waals surface area contributed by atoms with Gasteiger partial charge in [0.1, 0.15) is 6.29 Å². The second-order valence-corrected chi connectivity index (χ2v) is 3.00. The number of aliphatic hydroxyl groups is 1. The van der Waals surface area contributed by atoms with Crippen molar-refractivity contribution in [3.8, 4) is 0 Å². The normalized spacial score (nSPS) is 13.6. The summed E-state index contributed by atoms with van der Waals surface area (Å²) >= 11 is 0. The van der Waals surface area contributed by atoms with Crippen LogP contribution in [-0.4, -0.2) is 11.4 Å². The lowest BCUT2D eigenvalue weighted by Gasteiger charge is -2.15. The lowest BCUT2D eigenvalue weighted by atomic mass is 10.0. The Kier molecular flexibility index (Phi) is 3.47. The van der Waals surface area contributed by atoms with Gasteiger partial charge in [-0.2, -0.15) is 13.2 Å². The van der Waals surface area contributed by atoms with Gasteiger partial charge in [-0.05, 0) is 11.6 Å². The fraction of sp³-hybridized carbons (Fsp3) is 0.300. The van der Waals surface area contributed by atoms with Gasteiger partial charge in [0, 0.05) is 6.42 Å². The molecule has 1 N–H and O–H groups in total. The van der Waals surface area contributed by atoms with E-state index in [1.165, 1.54) is 12.1 Å². The van der Waals surface area contributed by atoms with Gasteiger partial charge >= 0.3 is 6.18 Å². The van der Waals surface area contributed by atoms with Crippen LogP contribution in [0.1, 0.15) is 23.7 Å². The van der Waals surface area contributed by atoms with E-state index in [1.807, 2.05) is 0 Å². The highest BCUT2D eigenvalue weighted by atomic mass is 19.4. The Labute approximate surface area is 84.3 Å². The first-order valence-corrected chi connectivity index (χ1v) is 4.24. The number of hydrogen-bond donors (Lipinski definition) is 1. The van der Waals surface area contributed by atoms with Gasteiger partial charge in [-0.25, -0.2) is 0 Å². The Morgan fingerprint density at radius 3 is 2.47 bits per heavy atom. The average molecular weight is 218 g/mol. The predicted octanol–water partition coefficient (Wildman–Crippen LogP) is 2.33. The van der Waals surface area contributed by atoms with Gasteiger partial charge in [-0.15, -0.1) is 0 Å². The minimum atomic E-state index is -4.51. The van der Waals surface area contributed by atoms with Crippen LogP contribution in [0.15, 0.2) is 24.3 Å². The van der Waals surface area contributed by atoms with E-state index in [1.54, 1.807) is 0 Å². The number of alkyl halides is 3. The maximum absolute atomic E-state index is 12.4. The summed E-state index contributed by atoms with van der Waals surface area (Å²) in [5.74, 6) is 0. The van der Waals surface area contributed by atoms with Crippen LogP contribution in [-0.2, 0) is 11.0 Å². The molecule has 5 heteroatoms. The number of carbonyl (C=O) groups is 1. The highest BCUT2D eigenvalue weighted by Gasteiger charge is 2.34. The van der Waals surface area contributed by atoms with E-state index in [4.69, 9.17) is 0 Å². The molecular weight excluding hydrogens is 209 g/mol. The predicted molar refractivity (Wildman–Crippen MR) is 47.1 cm³/mol. The van der Waals surface area contributed by atoms with Crippen molar-refractivity contribution >= 4 is 6.29 Å². The fourth-order valence-corrected chi connectivity index (χ4v) is 1.26. The largest absolute Gasteiger partial charge is 0.416 e. The van der Waals surface area contributed by atoms with E-state index in [9.17, 15) is 23.1 Å². The highest BCUT2D eigenvalue weighted by molar-refractivity contribution is 5.51. The number of halogens is 3. The molecular formula is C10H9F3O2. The lowest BCUT2D eigenvalue weighted by Crippen LogP contribution is -2.12. The van der Waals surface area contributed by atoms with E-state index >= 15 is 0 Å². The third-order valence-electron chi connectivity index (χ3n) is 1.94. The summed E-state index contributed by atoms with van der Waals surface area (Å²) in [7, 11) is 0. The second kappa shape index (κ2) is 4.44. The SMILES string of the molecule is O=CC[C@H](O)c1ccccc1C(F)(F)F. The summed E-state index contributed by atoms with van der Waals surface area (Å²) in [6, 6.07) is 4.67. The zero-order chi connectivity index (χ0) is 11.5. The summed E-state index contributed by atoms with van der Waals surface area (Å²) < 4.78 is 37.3. The van der Waals surface area contributed by atoms with E-state index in [0.717, 1.165) is 12.1 Å². The van der Waals surface area contributed by atoms with Crippen molar-refractivity contribution in [2.45, 2.75) is 18.7 Å². The first kappa shape index (κ1) is 11.7. The van der Waals surface area contributed by atoms with Crippen molar-refractivity contribution in [1.29, 1.82) is 0 Å². The van der Waals surface area contributed by atoms with Crippen molar-refractivity contribution < 1.29 is 23.1 Å². The van der Waals surface area contributed by atoms with E-state index in [2.05, 4.69) is 0 Å². The molecule has 82 valence electrons. The number of aldehydes is 1. The fourth-order valence-electron chi connectivity index (χ4n) is 1.26. The molecule has 1 atom stereocenters. The minimum absolute atomic E-state index is 0.267. The molecule has 0 fully saturated rings. The van der Waals surface area contributed by atoms with Crippen LogP contribution < -0.4 is 0 Å². The molecule has 0 aliphatic carbocycles. The Morgan fingerprint density at radius 1 is 1.33 bits per heavy atom. The number of carbonyl (C=O) groups excluding carboxylic acids is 1. The summed E-state index contributed by atoms with van der Waals surface area (Å²) in [6.07, 6.45) is -5.87. The summed E-state index contributed by atoms with van der Waals surface area (Å²) in [6.45, 7) is 0. The van der Waals surface area contributed by atoms with Gasteiger partial charge in [0.2, 0.25) is 0 Å². The highest BCUT2D eigenvalue weighted by Crippen LogP contribution is 2.34. The standard InChI is InChI=1S/C10H9F3O2/c11-10(12,13)8-4-2-1-3-7(8)9(15)5-6-14/h1-4,6,9,15H,5H2/t9-/m0/s1. The molecule has 2 nitrogen and oxygen atoms in total. The second-order valence-electron chi connectivity index (χ2n) is 3.00. The maximum Gasteiger partial charge on any atom is 0.416 e. The number of aliphatic hydroxyl groups excluding tert-OH is 1. The third-order valence-corrected chi connectivity index (χ3v) is 1.94. The lowest BCUT2D eigenvalue weighted by molar-refractivity contribution is -0.139. The van der Waals surface area contributed by atoms with Crippen molar-refractivity contribution in [2.24, 2.45) is 0 Å². The monoisotopic (exact) mass is 218 g/mol. The van der Waals surface area contributed by atoms with Crippen molar-refractivity contribution in [3.63, 3.8) is 0 Å². The summed E-state index contributed by atoms with van der Waals surface area (Å²) in [5.41, 5.74) is -1.17. The van der Waals surface area contributed by atoms with Crippen LogP contribution in [0, 0.1) is 0 Å². The van der Waals surface area contributed by atoms with E-state index in [-0.39, 0.29) is 12.0 Å². The van der Waals surface area contributed by atoms with Crippen LogP contribution >= 0.6 is 0 Å². The molecule has 1 aromatic rings. The molecule has 0 spiro atoms. The first-order valence-electron chi connectivity index (χ1n) is 4.24. The zero-order valence-electron chi connectivity index (χ0n) is 7.66. The smallest absolute Gasteiger partial charge is 0.388 e. The number of hydrogen-bond acceptors (Lipinski definition) is 2. The molecule has 0 unspecified atom stereocenters. The Hall–Kier alpha value is -1.36. The maximum atomic E-state index is 12.4. The molecule has 0 aromatic heterocycles. The number of rotatable bonds is 3. The summed E-state index contributed by atoms with van der Waals surface area (Å²) in [5, 5.41) is 9.33. The quantitative estimate of drug-likeness (QED) is 0.790. The molecule has 0 saturated heterocycles. The van der Waals surface area contributed by atoms with Crippen LogP contribution in [0.5, 0.6) is 0 Å². The average Bonchev–Trinajstić information content (AvgIpc) is 2.17. The van der Waals surface area contributed by atoms with Crippen molar-refractivity contribution in [3.05, 3.63) is 35.4 Å². The van der Waals surface area contributed by atoms with Gasteiger partial charge < -0.3 is 9.90 Å². The van der Waals surface area contributed by atoms with Crippen molar-refractivity contribution in [2.75, 3.05) is 0 Å². The molecule has 0 bridgehead atoms. The Morgan fingerprint density at radius 2 is 1.93 bits per heavy atom. The topological polar surface area (TPSA) is 37.3 Å². The molecule has 1 rings (SSSR count). The van der Waals surface area contributed by atoms with E-state index < -0.39 is 17.8 Å². The van der Waals surface area contributed by atoms with Gasteiger partial charge in [0.25, 0.3) is 0 Å². The third kappa shape index (κ3) is 2.79. The van der Waals surface area contributed by atoms with Gasteiger partial charge in [-0.1, -0.05) is 18.2 Å². The van der Waals surface area contributed by atoms with E-state index in [0.29, 0.717) is 6.29 Å². The number of benzene rings is 1. The molecule has 0 aliphatic heterocycles. The molecule has 0 heterocycles. The van der Waals surface area contributed by atoms with Crippen LogP contribution in [0.3, 0.4) is 0 Å². The van der Waals surface area contributed by atoms with Gasteiger partial charge in [0.05, 0.1) is 11.7 Å². The molecule has 0 saturated carbocycles. The molecule has 0 amide bonds. The Balaban J connectivity index is 3.12. The van der Waals surface area contributed by atoms with Gasteiger partial charge in [-0.3, -0.25) is 0 Å². The Bertz CT molecular complexity index is 347. The van der Waals surface area contributed by atoms with Crippen LogP contribution in [0.2, 0.25) is 0 Å². The van der Waals surface area contributed by atoms with Gasteiger partial charge in [0.15, 0.2) is 0 Å².